The molecule has 0 saturated carbocycles. The third kappa shape index (κ3) is 5.53. The highest BCUT2D eigenvalue weighted by molar-refractivity contribution is 6.73. The molecule has 0 N–H and O–H groups in total. The molecule has 0 fully saturated rings. The summed E-state index contributed by atoms with van der Waals surface area (Å²) in [4.78, 5) is -0.270. The van der Waals surface area contributed by atoms with E-state index in [-0.39, 0.29) is 4.84 Å². The fraction of sp³-hybridized carbons (Fsp3) is 1.00. The molecule has 4 heteroatoms. The van der Waals surface area contributed by atoms with Crippen LogP contribution in [0.2, 0.25) is 19.1 Å². The van der Waals surface area contributed by atoms with E-state index in [4.69, 9.17) is 27.6 Å². The normalized spacial score (nSPS) is 12.6. The first-order valence-corrected chi connectivity index (χ1v) is 7.39. The second-order valence-electron chi connectivity index (χ2n) is 2.79. The van der Waals surface area contributed by atoms with E-state index in [0.29, 0.717) is 0 Å². The lowest BCUT2D eigenvalue weighted by atomic mass is 10.9. The highest BCUT2D eigenvalue weighted by atomic mass is 35.5. The van der Waals surface area contributed by atoms with Crippen LogP contribution < -0.4 is 0 Å². The zero-order valence-corrected chi connectivity index (χ0v) is 9.17. The van der Waals surface area contributed by atoms with Crippen molar-refractivity contribution in [2.24, 2.45) is 0 Å². The summed E-state index contributed by atoms with van der Waals surface area (Å²) in [5.41, 5.74) is 0. The van der Waals surface area contributed by atoms with Gasteiger partial charge in [-0.3, -0.25) is 0 Å². The molecular formula is C6H14Cl2OSi. The van der Waals surface area contributed by atoms with E-state index >= 15 is 0 Å². The molecule has 0 spiro atoms. The summed E-state index contributed by atoms with van der Waals surface area (Å²) in [7, 11) is -1.53. The molecule has 0 bridgehead atoms. The van der Waals surface area contributed by atoms with Gasteiger partial charge < -0.3 is 4.43 Å². The van der Waals surface area contributed by atoms with Gasteiger partial charge in [0.05, 0.1) is 0 Å². The van der Waals surface area contributed by atoms with Crippen LogP contribution in [0.15, 0.2) is 0 Å². The van der Waals surface area contributed by atoms with Crippen molar-refractivity contribution in [1.29, 1.82) is 0 Å². The molecule has 0 aliphatic heterocycles. The SMILES string of the molecule is CCO[Si](C)(C)CC(Cl)Cl. The molecule has 0 rings (SSSR count). The largest absolute Gasteiger partial charge is 0.418 e. The van der Waals surface area contributed by atoms with Crippen molar-refractivity contribution in [1.82, 2.24) is 0 Å². The van der Waals surface area contributed by atoms with Crippen molar-refractivity contribution in [3.8, 4) is 0 Å². The molecule has 0 atom stereocenters. The summed E-state index contributed by atoms with van der Waals surface area (Å²) in [6.45, 7) is 6.99. The Morgan fingerprint density at radius 1 is 1.40 bits per heavy atom. The highest BCUT2D eigenvalue weighted by Gasteiger charge is 2.24. The molecule has 0 radical (unpaired) electrons. The molecule has 0 aromatic heterocycles. The van der Waals surface area contributed by atoms with E-state index < -0.39 is 8.32 Å². The summed E-state index contributed by atoms with van der Waals surface area (Å²) >= 11 is 11.2. The molecule has 0 aliphatic carbocycles. The summed E-state index contributed by atoms with van der Waals surface area (Å²) in [6, 6.07) is 0.809. The summed E-state index contributed by atoms with van der Waals surface area (Å²) in [5.74, 6) is 0. The fourth-order valence-electron chi connectivity index (χ4n) is 0.821. The molecule has 0 amide bonds. The van der Waals surface area contributed by atoms with Crippen LogP contribution in [0.3, 0.4) is 0 Å². The third-order valence-electron chi connectivity index (χ3n) is 1.18. The number of halogens is 2. The van der Waals surface area contributed by atoms with Gasteiger partial charge in [0.2, 0.25) is 0 Å². The minimum Gasteiger partial charge on any atom is -0.418 e. The van der Waals surface area contributed by atoms with Crippen LogP contribution in [-0.4, -0.2) is 19.8 Å². The van der Waals surface area contributed by atoms with Crippen molar-refractivity contribution in [2.45, 2.75) is 30.9 Å². The lowest BCUT2D eigenvalue weighted by molar-refractivity contribution is 0.330. The van der Waals surface area contributed by atoms with Crippen molar-refractivity contribution in [2.75, 3.05) is 6.61 Å². The van der Waals surface area contributed by atoms with E-state index in [9.17, 15) is 0 Å². The van der Waals surface area contributed by atoms with E-state index in [1.807, 2.05) is 6.92 Å². The van der Waals surface area contributed by atoms with Gasteiger partial charge in [0.1, 0.15) is 4.84 Å². The molecule has 0 unspecified atom stereocenters. The molecular weight excluding hydrogens is 187 g/mol. The monoisotopic (exact) mass is 200 g/mol. The first-order valence-electron chi connectivity index (χ1n) is 3.40. The Kier molecular flexibility index (Phi) is 4.95. The number of rotatable bonds is 4. The molecule has 1 nitrogen and oxygen atoms in total. The van der Waals surface area contributed by atoms with Crippen LogP contribution in [0.1, 0.15) is 6.92 Å². The summed E-state index contributed by atoms with van der Waals surface area (Å²) in [5, 5.41) is 0. The minimum absolute atomic E-state index is 0.270. The standard InChI is InChI=1S/C6H14Cl2OSi/c1-4-9-10(2,3)5-6(7)8/h6H,4-5H2,1-3H3. The van der Waals surface area contributed by atoms with Gasteiger partial charge in [0.15, 0.2) is 8.32 Å². The molecule has 62 valence electrons. The highest BCUT2D eigenvalue weighted by Crippen LogP contribution is 2.19. The molecule has 10 heavy (non-hydrogen) atoms. The third-order valence-corrected chi connectivity index (χ3v) is 4.47. The number of alkyl halides is 2. The molecule has 0 aromatic carbocycles. The number of hydrogen-bond acceptors (Lipinski definition) is 1. The van der Waals surface area contributed by atoms with E-state index in [0.717, 1.165) is 12.7 Å². The average Bonchev–Trinajstić information content (AvgIpc) is 1.59. The minimum atomic E-state index is -1.53. The summed E-state index contributed by atoms with van der Waals surface area (Å²) < 4.78 is 5.51. The molecule has 0 aliphatic rings. The second-order valence-corrected chi connectivity index (χ2v) is 8.28. The first kappa shape index (κ1) is 10.8. The maximum absolute atomic E-state index is 5.62. The Morgan fingerprint density at radius 2 is 1.90 bits per heavy atom. The molecule has 0 saturated heterocycles. The Morgan fingerprint density at radius 3 is 2.20 bits per heavy atom. The van der Waals surface area contributed by atoms with Gasteiger partial charge in [-0.05, 0) is 26.1 Å². The van der Waals surface area contributed by atoms with Crippen LogP contribution in [0.25, 0.3) is 0 Å². The van der Waals surface area contributed by atoms with Crippen LogP contribution in [-0.2, 0) is 4.43 Å². The van der Waals surface area contributed by atoms with Gasteiger partial charge in [-0.2, -0.15) is 0 Å². The van der Waals surface area contributed by atoms with E-state index in [2.05, 4.69) is 13.1 Å². The summed E-state index contributed by atoms with van der Waals surface area (Å²) in [6.07, 6.45) is 0. The second kappa shape index (κ2) is 4.60. The van der Waals surface area contributed by atoms with E-state index in [1.165, 1.54) is 0 Å². The quantitative estimate of drug-likeness (QED) is 0.501. The van der Waals surface area contributed by atoms with Gasteiger partial charge >= 0.3 is 0 Å². The topological polar surface area (TPSA) is 9.23 Å². The maximum atomic E-state index is 5.62. The van der Waals surface area contributed by atoms with Crippen molar-refractivity contribution >= 4 is 31.5 Å². The zero-order chi connectivity index (χ0) is 8.20. The van der Waals surface area contributed by atoms with Crippen molar-refractivity contribution < 1.29 is 4.43 Å². The van der Waals surface area contributed by atoms with Crippen LogP contribution in [0.5, 0.6) is 0 Å². The van der Waals surface area contributed by atoms with Gasteiger partial charge in [0.25, 0.3) is 0 Å². The predicted molar refractivity (Wildman–Crippen MR) is 49.4 cm³/mol. The molecule has 0 aromatic rings. The van der Waals surface area contributed by atoms with Gasteiger partial charge in [-0.15, -0.1) is 23.2 Å². The van der Waals surface area contributed by atoms with E-state index in [1.54, 1.807) is 0 Å². The number of hydrogen-bond donors (Lipinski definition) is 0. The van der Waals surface area contributed by atoms with Crippen LogP contribution in [0, 0.1) is 0 Å². The Labute approximate surface area is 73.8 Å². The lowest BCUT2D eigenvalue weighted by Gasteiger charge is -2.21. The fourth-order valence-corrected chi connectivity index (χ4v) is 4.69. The average molecular weight is 201 g/mol. The Bertz CT molecular complexity index is 95.7. The maximum Gasteiger partial charge on any atom is 0.189 e. The predicted octanol–water partition coefficient (Wildman–Crippen LogP) is 3.03. The Hall–Kier alpha value is 0.757. The van der Waals surface area contributed by atoms with Crippen LogP contribution >= 0.6 is 23.2 Å². The van der Waals surface area contributed by atoms with Crippen molar-refractivity contribution in [3.05, 3.63) is 0 Å². The lowest BCUT2D eigenvalue weighted by Crippen LogP contribution is -2.31. The molecule has 0 heterocycles. The first-order chi connectivity index (χ1) is 4.48. The smallest absolute Gasteiger partial charge is 0.189 e. The van der Waals surface area contributed by atoms with Gasteiger partial charge in [-0.25, -0.2) is 0 Å². The van der Waals surface area contributed by atoms with Crippen LogP contribution in [0.4, 0.5) is 0 Å². The van der Waals surface area contributed by atoms with Gasteiger partial charge in [-0.1, -0.05) is 0 Å². The van der Waals surface area contributed by atoms with Crippen molar-refractivity contribution in [3.63, 3.8) is 0 Å². The zero-order valence-electron chi connectivity index (χ0n) is 6.66. The van der Waals surface area contributed by atoms with Gasteiger partial charge in [0, 0.05) is 6.61 Å². The Balaban J connectivity index is 3.63.